The van der Waals surface area contributed by atoms with Gasteiger partial charge in [0.25, 0.3) is 0 Å². The molecule has 1 N–H and O–H groups in total. The van der Waals surface area contributed by atoms with Crippen LogP contribution >= 0.6 is 0 Å². The van der Waals surface area contributed by atoms with E-state index in [0.29, 0.717) is 17.6 Å². The van der Waals surface area contributed by atoms with Gasteiger partial charge in [-0.1, -0.05) is 19.8 Å². The number of fused-ring (bicyclic) bond motifs is 1. The highest BCUT2D eigenvalue weighted by Gasteiger charge is 2.42. The molecule has 0 aromatic heterocycles. The van der Waals surface area contributed by atoms with Gasteiger partial charge in [-0.05, 0) is 37.5 Å². The van der Waals surface area contributed by atoms with Gasteiger partial charge in [0.1, 0.15) is 5.78 Å². The molecule has 0 amide bonds. The first-order chi connectivity index (χ1) is 9.67. The lowest BCUT2D eigenvalue weighted by Gasteiger charge is -2.31. The summed E-state index contributed by atoms with van der Waals surface area (Å²) in [5.41, 5.74) is 0. The van der Waals surface area contributed by atoms with Crippen LogP contribution in [0.15, 0.2) is 0 Å². The lowest BCUT2D eigenvalue weighted by molar-refractivity contribution is -0.126. The van der Waals surface area contributed by atoms with Crippen molar-refractivity contribution in [3.63, 3.8) is 0 Å². The second-order valence-electron chi connectivity index (χ2n) is 7.38. The summed E-state index contributed by atoms with van der Waals surface area (Å²) in [6.07, 6.45) is 7.65. The molecule has 1 aliphatic heterocycles. The Labute approximate surface area is 122 Å². The van der Waals surface area contributed by atoms with Crippen molar-refractivity contribution < 1.29 is 9.90 Å². The van der Waals surface area contributed by atoms with Crippen molar-refractivity contribution in [1.29, 1.82) is 0 Å². The minimum absolute atomic E-state index is 0.0834. The van der Waals surface area contributed by atoms with E-state index in [9.17, 15) is 9.90 Å². The molecule has 3 rings (SSSR count). The molecule has 5 unspecified atom stereocenters. The fourth-order valence-electron chi connectivity index (χ4n) is 4.84. The van der Waals surface area contributed by atoms with Crippen molar-refractivity contribution in [1.82, 2.24) is 4.90 Å². The standard InChI is InChI=1S/C17H29NO2/c1-2-3-12-4-6-16(19)14(8-12)10-18-9-13-5-7-17(20)15(13)11-18/h12-15,17,20H,2-11H2,1H3. The number of likely N-dealkylation sites (tertiary alicyclic amines) is 1. The lowest BCUT2D eigenvalue weighted by atomic mass is 9.78. The maximum Gasteiger partial charge on any atom is 0.137 e. The van der Waals surface area contributed by atoms with E-state index in [2.05, 4.69) is 11.8 Å². The number of hydrogen-bond acceptors (Lipinski definition) is 3. The van der Waals surface area contributed by atoms with Gasteiger partial charge < -0.3 is 10.0 Å². The van der Waals surface area contributed by atoms with Crippen molar-refractivity contribution in [3.05, 3.63) is 0 Å². The molecule has 114 valence electrons. The van der Waals surface area contributed by atoms with E-state index in [1.807, 2.05) is 0 Å². The van der Waals surface area contributed by atoms with E-state index in [0.717, 1.165) is 51.2 Å². The SMILES string of the molecule is CCCC1CCC(=O)C(CN2CC3CCC(O)C3C2)C1. The highest BCUT2D eigenvalue weighted by molar-refractivity contribution is 5.82. The average Bonchev–Trinajstić information content (AvgIpc) is 2.96. The molecular formula is C17H29NO2. The third kappa shape index (κ3) is 2.94. The Morgan fingerprint density at radius 3 is 2.85 bits per heavy atom. The number of nitrogens with zero attached hydrogens (tertiary/aromatic N) is 1. The van der Waals surface area contributed by atoms with Crippen LogP contribution in [0.1, 0.15) is 51.9 Å². The van der Waals surface area contributed by atoms with Gasteiger partial charge in [-0.2, -0.15) is 0 Å². The van der Waals surface area contributed by atoms with Crippen molar-refractivity contribution in [2.24, 2.45) is 23.7 Å². The van der Waals surface area contributed by atoms with Gasteiger partial charge in [0.15, 0.2) is 0 Å². The molecule has 0 radical (unpaired) electrons. The molecular weight excluding hydrogens is 250 g/mol. The van der Waals surface area contributed by atoms with Crippen LogP contribution in [0.25, 0.3) is 0 Å². The van der Waals surface area contributed by atoms with Gasteiger partial charge in [-0.15, -0.1) is 0 Å². The van der Waals surface area contributed by atoms with E-state index in [1.165, 1.54) is 19.3 Å². The summed E-state index contributed by atoms with van der Waals surface area (Å²) in [5.74, 6) is 2.72. The maximum absolute atomic E-state index is 12.2. The summed E-state index contributed by atoms with van der Waals surface area (Å²) in [7, 11) is 0. The summed E-state index contributed by atoms with van der Waals surface area (Å²) in [5, 5.41) is 9.99. The van der Waals surface area contributed by atoms with Crippen molar-refractivity contribution in [2.75, 3.05) is 19.6 Å². The van der Waals surface area contributed by atoms with E-state index >= 15 is 0 Å². The van der Waals surface area contributed by atoms with Crippen LogP contribution in [0, 0.1) is 23.7 Å². The monoisotopic (exact) mass is 279 g/mol. The third-order valence-electron chi connectivity index (χ3n) is 5.94. The second-order valence-corrected chi connectivity index (χ2v) is 7.38. The van der Waals surface area contributed by atoms with Crippen LogP contribution in [-0.2, 0) is 4.79 Å². The van der Waals surface area contributed by atoms with E-state index in [1.54, 1.807) is 0 Å². The smallest absolute Gasteiger partial charge is 0.137 e. The molecule has 1 saturated heterocycles. The number of aliphatic hydroxyl groups excluding tert-OH is 1. The molecule has 3 heteroatoms. The first-order valence-electron chi connectivity index (χ1n) is 8.60. The second kappa shape index (κ2) is 6.15. The minimum atomic E-state index is -0.0834. The third-order valence-corrected chi connectivity index (χ3v) is 5.94. The topological polar surface area (TPSA) is 40.5 Å². The minimum Gasteiger partial charge on any atom is -0.393 e. The summed E-state index contributed by atoms with van der Waals surface area (Å²) in [6.45, 7) is 5.34. The van der Waals surface area contributed by atoms with Gasteiger partial charge >= 0.3 is 0 Å². The molecule has 20 heavy (non-hydrogen) atoms. The van der Waals surface area contributed by atoms with Crippen LogP contribution in [0.2, 0.25) is 0 Å². The van der Waals surface area contributed by atoms with E-state index in [4.69, 9.17) is 0 Å². The summed E-state index contributed by atoms with van der Waals surface area (Å²) < 4.78 is 0. The van der Waals surface area contributed by atoms with Crippen LogP contribution in [-0.4, -0.2) is 41.5 Å². The highest BCUT2D eigenvalue weighted by Crippen LogP contribution is 2.39. The van der Waals surface area contributed by atoms with Crippen LogP contribution in [0.5, 0.6) is 0 Å². The van der Waals surface area contributed by atoms with Crippen molar-refractivity contribution in [2.45, 2.75) is 58.0 Å². The average molecular weight is 279 g/mol. The molecule has 0 spiro atoms. The number of Topliss-reactive ketones (excluding diaryl/α,β-unsaturated/α-hetero) is 1. The Morgan fingerprint density at radius 2 is 2.10 bits per heavy atom. The zero-order valence-corrected chi connectivity index (χ0v) is 12.8. The predicted molar refractivity (Wildman–Crippen MR) is 79.4 cm³/mol. The number of hydrogen-bond donors (Lipinski definition) is 1. The summed E-state index contributed by atoms with van der Waals surface area (Å²) >= 11 is 0. The normalized spacial score (nSPS) is 42.1. The maximum atomic E-state index is 12.2. The fraction of sp³-hybridized carbons (Fsp3) is 0.941. The zero-order chi connectivity index (χ0) is 14.1. The van der Waals surface area contributed by atoms with Crippen molar-refractivity contribution in [3.8, 4) is 0 Å². The highest BCUT2D eigenvalue weighted by atomic mass is 16.3. The van der Waals surface area contributed by atoms with Crippen molar-refractivity contribution >= 4 is 5.78 Å². The Bertz CT molecular complexity index is 357. The zero-order valence-electron chi connectivity index (χ0n) is 12.8. The number of rotatable bonds is 4. The number of ketones is 1. The molecule has 0 aromatic rings. The summed E-state index contributed by atoms with van der Waals surface area (Å²) in [4.78, 5) is 14.6. The first-order valence-corrected chi connectivity index (χ1v) is 8.60. The number of aliphatic hydroxyl groups is 1. The molecule has 0 bridgehead atoms. The van der Waals surface area contributed by atoms with Gasteiger partial charge in [-0.3, -0.25) is 4.79 Å². The van der Waals surface area contributed by atoms with E-state index < -0.39 is 0 Å². The van der Waals surface area contributed by atoms with Gasteiger partial charge in [0, 0.05) is 37.9 Å². The number of carbonyl (C=O) groups excluding carboxylic acids is 1. The molecule has 3 aliphatic rings. The molecule has 5 atom stereocenters. The van der Waals surface area contributed by atoms with Gasteiger partial charge in [0.05, 0.1) is 6.10 Å². The molecule has 3 fully saturated rings. The molecule has 2 saturated carbocycles. The van der Waals surface area contributed by atoms with Crippen LogP contribution < -0.4 is 0 Å². The van der Waals surface area contributed by atoms with Crippen LogP contribution in [0.4, 0.5) is 0 Å². The first kappa shape index (κ1) is 14.5. The molecule has 2 aliphatic carbocycles. The van der Waals surface area contributed by atoms with Crippen LogP contribution in [0.3, 0.4) is 0 Å². The fourth-order valence-corrected chi connectivity index (χ4v) is 4.84. The largest absolute Gasteiger partial charge is 0.393 e. The Hall–Kier alpha value is -0.410. The predicted octanol–water partition coefficient (Wildman–Crippen LogP) is 2.47. The quantitative estimate of drug-likeness (QED) is 0.859. The van der Waals surface area contributed by atoms with E-state index in [-0.39, 0.29) is 12.0 Å². The van der Waals surface area contributed by atoms with Gasteiger partial charge in [-0.25, -0.2) is 0 Å². The molecule has 0 aromatic carbocycles. The lowest BCUT2D eigenvalue weighted by Crippen LogP contribution is -2.36. The molecule has 3 nitrogen and oxygen atoms in total. The molecule has 1 heterocycles. The Kier molecular flexibility index (Phi) is 4.46. The van der Waals surface area contributed by atoms with Gasteiger partial charge in [0.2, 0.25) is 0 Å². The summed E-state index contributed by atoms with van der Waals surface area (Å²) in [6, 6.07) is 0. The Balaban J connectivity index is 1.53. The number of carbonyl (C=O) groups is 1. The Morgan fingerprint density at radius 1 is 1.25 bits per heavy atom.